The van der Waals surface area contributed by atoms with Crippen molar-refractivity contribution in [3.8, 4) is 0 Å². The fourth-order valence-corrected chi connectivity index (χ4v) is 5.98. The molecule has 5 atom stereocenters. The lowest BCUT2D eigenvalue weighted by atomic mass is 9.85. The van der Waals surface area contributed by atoms with Crippen molar-refractivity contribution < 1.29 is 9.59 Å². The van der Waals surface area contributed by atoms with Crippen LogP contribution in [-0.2, 0) is 9.59 Å². The highest BCUT2D eigenvalue weighted by Crippen LogP contribution is 2.52. The molecule has 4 rings (SSSR count). The van der Waals surface area contributed by atoms with Crippen molar-refractivity contribution in [2.24, 2.45) is 34.6 Å². The van der Waals surface area contributed by atoms with Gasteiger partial charge in [0.25, 0.3) is 0 Å². The molecule has 180 valence electrons. The van der Waals surface area contributed by atoms with Crippen LogP contribution in [0.5, 0.6) is 0 Å². The lowest BCUT2D eigenvalue weighted by Crippen LogP contribution is -2.41. The minimum Gasteiger partial charge on any atom is -0.357 e. The van der Waals surface area contributed by atoms with Crippen molar-refractivity contribution in [2.45, 2.75) is 52.5 Å². The third kappa shape index (κ3) is 5.32. The number of carbonyl (C=O) groups excluding carboxylic acids is 2. The van der Waals surface area contributed by atoms with E-state index in [0.717, 1.165) is 38.4 Å². The number of amides is 2. The molecule has 8 heteroatoms. The number of carbonyl (C=O) groups is 2. The van der Waals surface area contributed by atoms with Crippen LogP contribution in [0.2, 0.25) is 0 Å². The lowest BCUT2D eigenvalue weighted by Gasteiger charge is -2.25. The predicted octanol–water partition coefficient (Wildman–Crippen LogP) is 2.48. The molecule has 0 aromatic carbocycles. The van der Waals surface area contributed by atoms with Gasteiger partial charge in [-0.1, -0.05) is 26.0 Å². The van der Waals surface area contributed by atoms with Gasteiger partial charge in [-0.2, -0.15) is 0 Å². The Hall–Kier alpha value is -1.16. The molecule has 7 nitrogen and oxygen atoms in total. The molecule has 1 saturated carbocycles. The fourth-order valence-electron chi connectivity index (χ4n) is 5.98. The van der Waals surface area contributed by atoms with Crippen LogP contribution in [0.4, 0.5) is 0 Å². The number of guanidine groups is 1. The van der Waals surface area contributed by atoms with E-state index < -0.39 is 0 Å². The second-order valence-electron chi connectivity index (χ2n) is 10.0. The summed E-state index contributed by atoms with van der Waals surface area (Å²) in [5.41, 5.74) is 0. The van der Waals surface area contributed by atoms with E-state index in [2.05, 4.69) is 48.5 Å². The number of hydrogen-bond acceptors (Lipinski definition) is 4. The molecule has 2 saturated heterocycles. The van der Waals surface area contributed by atoms with Gasteiger partial charge in [-0.3, -0.25) is 24.4 Å². The summed E-state index contributed by atoms with van der Waals surface area (Å²) in [6.07, 6.45) is 8.50. The van der Waals surface area contributed by atoms with E-state index in [1.807, 2.05) is 0 Å². The minimum absolute atomic E-state index is 0. The fraction of sp³-hybridized carbons (Fsp3) is 0.792. The standard InChI is InChI=1S/C24H39N5O2.HI/c1-4-25-24(27-14-19-7-5-11-28(19)15-16(2)3)26-10-6-12-29-22(30)20-17-8-9-18(13-17)21(20)23(29)31;/h8-9,16-21H,4-7,10-15H2,1-3H3,(H2,25,26,27);1H/t17?,18?,19-,20?,21?;/m1./s1. The second-order valence-corrected chi connectivity index (χ2v) is 10.0. The lowest BCUT2D eigenvalue weighted by molar-refractivity contribution is -0.140. The van der Waals surface area contributed by atoms with Crippen molar-refractivity contribution in [3.63, 3.8) is 0 Å². The van der Waals surface area contributed by atoms with Crippen molar-refractivity contribution in [1.82, 2.24) is 20.4 Å². The van der Waals surface area contributed by atoms with Crippen molar-refractivity contribution in [3.05, 3.63) is 12.2 Å². The van der Waals surface area contributed by atoms with Gasteiger partial charge < -0.3 is 10.6 Å². The molecule has 3 fully saturated rings. The number of nitrogens with one attached hydrogen (secondary N) is 2. The van der Waals surface area contributed by atoms with Crippen LogP contribution < -0.4 is 10.6 Å². The highest BCUT2D eigenvalue weighted by molar-refractivity contribution is 14.0. The number of rotatable bonds is 9. The Balaban J connectivity index is 0.00000289. The van der Waals surface area contributed by atoms with Gasteiger partial charge in [0.1, 0.15) is 0 Å². The Morgan fingerprint density at radius 1 is 1.16 bits per heavy atom. The summed E-state index contributed by atoms with van der Waals surface area (Å²) in [6, 6.07) is 0.529. The van der Waals surface area contributed by atoms with E-state index >= 15 is 0 Å². The van der Waals surface area contributed by atoms with Gasteiger partial charge in [-0.25, -0.2) is 0 Å². The zero-order chi connectivity index (χ0) is 22.0. The first-order chi connectivity index (χ1) is 15.0. The van der Waals surface area contributed by atoms with Gasteiger partial charge >= 0.3 is 0 Å². The van der Waals surface area contributed by atoms with Gasteiger partial charge in [0, 0.05) is 32.2 Å². The van der Waals surface area contributed by atoms with Gasteiger partial charge in [-0.15, -0.1) is 24.0 Å². The highest BCUT2D eigenvalue weighted by Gasteiger charge is 2.58. The molecule has 0 spiro atoms. The van der Waals surface area contributed by atoms with E-state index in [9.17, 15) is 9.59 Å². The quantitative estimate of drug-likeness (QED) is 0.114. The maximum Gasteiger partial charge on any atom is 0.233 e. The summed E-state index contributed by atoms with van der Waals surface area (Å²) in [5.74, 6) is 2.01. The largest absolute Gasteiger partial charge is 0.357 e. The van der Waals surface area contributed by atoms with Crippen LogP contribution in [0.3, 0.4) is 0 Å². The SMILES string of the molecule is CCNC(=NC[C@H]1CCCN1CC(C)C)NCCCN1C(=O)C2C3C=CC(C3)C2C1=O.I. The molecule has 2 N–H and O–H groups in total. The third-order valence-corrected chi connectivity index (χ3v) is 7.32. The molecule has 0 aromatic rings. The number of aliphatic imine (C=N–C) groups is 1. The Kier molecular flexibility index (Phi) is 9.00. The topological polar surface area (TPSA) is 77.0 Å². The maximum absolute atomic E-state index is 12.8. The van der Waals surface area contributed by atoms with E-state index in [-0.39, 0.29) is 59.5 Å². The van der Waals surface area contributed by atoms with E-state index in [4.69, 9.17) is 4.99 Å². The molecule has 4 aliphatic rings. The maximum atomic E-state index is 12.8. The van der Waals surface area contributed by atoms with Crippen LogP contribution in [0, 0.1) is 29.6 Å². The molecule has 2 heterocycles. The number of allylic oxidation sites excluding steroid dienone is 2. The Morgan fingerprint density at radius 2 is 1.84 bits per heavy atom. The number of hydrogen-bond donors (Lipinski definition) is 2. The number of halogens is 1. The number of likely N-dealkylation sites (tertiary alicyclic amines) is 2. The first-order valence-electron chi connectivity index (χ1n) is 12.3. The van der Waals surface area contributed by atoms with Gasteiger partial charge in [0.2, 0.25) is 11.8 Å². The van der Waals surface area contributed by atoms with Gasteiger partial charge in [0.05, 0.1) is 18.4 Å². The van der Waals surface area contributed by atoms with Gasteiger partial charge in [-0.05, 0) is 56.9 Å². The molecule has 32 heavy (non-hydrogen) atoms. The van der Waals surface area contributed by atoms with Crippen molar-refractivity contribution in [1.29, 1.82) is 0 Å². The van der Waals surface area contributed by atoms with E-state index in [1.54, 1.807) is 0 Å². The third-order valence-electron chi connectivity index (χ3n) is 7.32. The molecular weight excluding hydrogens is 517 g/mol. The summed E-state index contributed by atoms with van der Waals surface area (Å²) >= 11 is 0. The monoisotopic (exact) mass is 557 g/mol. The molecule has 2 aliphatic carbocycles. The summed E-state index contributed by atoms with van der Waals surface area (Å²) in [7, 11) is 0. The summed E-state index contributed by atoms with van der Waals surface area (Å²) in [5, 5.41) is 6.72. The average molecular weight is 558 g/mol. The van der Waals surface area contributed by atoms with Crippen LogP contribution >= 0.6 is 24.0 Å². The molecule has 0 aromatic heterocycles. The van der Waals surface area contributed by atoms with Crippen LogP contribution in [0.15, 0.2) is 17.1 Å². The Morgan fingerprint density at radius 3 is 2.47 bits per heavy atom. The molecule has 2 aliphatic heterocycles. The molecular formula is C24H40IN5O2. The first-order valence-corrected chi connectivity index (χ1v) is 12.3. The predicted molar refractivity (Wildman–Crippen MR) is 138 cm³/mol. The van der Waals surface area contributed by atoms with Crippen LogP contribution in [0.25, 0.3) is 0 Å². The Labute approximate surface area is 209 Å². The molecule has 2 bridgehead atoms. The number of imide groups is 1. The Bertz CT molecular complexity index is 710. The van der Waals surface area contributed by atoms with Gasteiger partial charge in [0.15, 0.2) is 5.96 Å². The summed E-state index contributed by atoms with van der Waals surface area (Å²) in [6.45, 7) is 11.8. The van der Waals surface area contributed by atoms with Crippen molar-refractivity contribution in [2.75, 3.05) is 39.3 Å². The number of nitrogens with zero attached hydrogens (tertiary/aromatic N) is 3. The smallest absolute Gasteiger partial charge is 0.233 e. The van der Waals surface area contributed by atoms with Crippen LogP contribution in [0.1, 0.15) is 46.5 Å². The zero-order valence-corrected chi connectivity index (χ0v) is 22.1. The average Bonchev–Trinajstić information content (AvgIpc) is 3.50. The zero-order valence-electron chi connectivity index (χ0n) is 19.8. The molecule has 4 unspecified atom stereocenters. The minimum atomic E-state index is -0.0884. The van der Waals surface area contributed by atoms with E-state index in [1.165, 1.54) is 24.3 Å². The highest BCUT2D eigenvalue weighted by atomic mass is 127. The molecule has 0 radical (unpaired) electrons. The normalized spacial score (nSPS) is 31.6. The number of fused-ring (bicyclic) bond motifs is 5. The second kappa shape index (κ2) is 11.3. The van der Waals surface area contributed by atoms with Crippen LogP contribution in [-0.4, -0.2) is 72.9 Å². The van der Waals surface area contributed by atoms with E-state index in [0.29, 0.717) is 25.0 Å². The summed E-state index contributed by atoms with van der Waals surface area (Å²) in [4.78, 5) is 34.5. The summed E-state index contributed by atoms with van der Waals surface area (Å²) < 4.78 is 0. The molecule has 2 amide bonds. The van der Waals surface area contributed by atoms with Crippen molar-refractivity contribution >= 4 is 41.8 Å². The first kappa shape index (κ1) is 25.5.